The molecule has 1 aliphatic carbocycles. The molecule has 0 radical (unpaired) electrons. The predicted molar refractivity (Wildman–Crippen MR) is 68.8 cm³/mol. The average Bonchev–Trinajstić information content (AvgIpc) is 2.65. The maximum absolute atomic E-state index is 6.20. The minimum absolute atomic E-state index is 0.283. The van der Waals surface area contributed by atoms with E-state index in [0.717, 1.165) is 6.42 Å². The smallest absolute Gasteiger partial charge is 0.0518 e. The van der Waals surface area contributed by atoms with Gasteiger partial charge in [0.15, 0.2) is 0 Å². The summed E-state index contributed by atoms with van der Waals surface area (Å²) >= 11 is 8.06. The van der Waals surface area contributed by atoms with Crippen molar-refractivity contribution in [3.63, 3.8) is 0 Å². The van der Waals surface area contributed by atoms with Crippen LogP contribution in [-0.4, -0.2) is 5.38 Å². The van der Waals surface area contributed by atoms with Crippen LogP contribution in [0, 0.1) is 0 Å². The summed E-state index contributed by atoms with van der Waals surface area (Å²) in [5.41, 5.74) is 1.57. The van der Waals surface area contributed by atoms with E-state index in [1.165, 1.54) is 37.0 Å². The lowest BCUT2D eigenvalue weighted by Crippen LogP contribution is -1.92. The van der Waals surface area contributed by atoms with Crippen LogP contribution in [0.25, 0.3) is 0 Å². The van der Waals surface area contributed by atoms with Gasteiger partial charge in [-0.3, -0.25) is 0 Å². The van der Waals surface area contributed by atoms with Crippen LogP contribution in [0.2, 0.25) is 0 Å². The van der Waals surface area contributed by atoms with Crippen LogP contribution < -0.4 is 0 Å². The first-order chi connectivity index (χ1) is 7.34. The fourth-order valence-electron chi connectivity index (χ4n) is 2.06. The number of aryl methyl sites for hydroxylation is 1. The normalized spacial score (nSPS) is 22.2. The van der Waals surface area contributed by atoms with Crippen LogP contribution in [0.4, 0.5) is 0 Å². The van der Waals surface area contributed by atoms with E-state index >= 15 is 0 Å². The van der Waals surface area contributed by atoms with Crippen molar-refractivity contribution < 1.29 is 0 Å². The monoisotopic (exact) mass is 240 g/mol. The van der Waals surface area contributed by atoms with Gasteiger partial charge < -0.3 is 0 Å². The Hall–Kier alpha value is -0.270. The van der Waals surface area contributed by atoms with Gasteiger partial charge in [-0.2, -0.15) is 0 Å². The highest BCUT2D eigenvalue weighted by molar-refractivity contribution is 7.09. The van der Waals surface area contributed by atoms with E-state index in [4.69, 9.17) is 11.6 Å². The Morgan fingerprint density at radius 1 is 1.33 bits per heavy atom. The first kappa shape index (κ1) is 11.2. The van der Waals surface area contributed by atoms with Gasteiger partial charge in [-0.05, 0) is 43.6 Å². The van der Waals surface area contributed by atoms with Crippen LogP contribution in [-0.2, 0) is 6.42 Å². The topological polar surface area (TPSA) is 0 Å². The molecule has 0 saturated carbocycles. The Balaban J connectivity index is 1.87. The summed E-state index contributed by atoms with van der Waals surface area (Å²) < 4.78 is 0. The molecule has 0 amide bonds. The maximum Gasteiger partial charge on any atom is 0.0518 e. The van der Waals surface area contributed by atoms with Gasteiger partial charge >= 0.3 is 0 Å². The summed E-state index contributed by atoms with van der Waals surface area (Å²) in [6.45, 7) is 0. The molecule has 1 heterocycles. The molecule has 0 nitrogen and oxygen atoms in total. The van der Waals surface area contributed by atoms with Crippen molar-refractivity contribution in [1.29, 1.82) is 0 Å². The van der Waals surface area contributed by atoms with E-state index in [9.17, 15) is 0 Å². The van der Waals surface area contributed by atoms with Gasteiger partial charge in [-0.1, -0.05) is 24.1 Å². The minimum Gasteiger partial charge on any atom is -0.149 e. The molecule has 0 fully saturated rings. The number of alkyl halides is 1. The van der Waals surface area contributed by atoms with Crippen LogP contribution in [0.1, 0.15) is 37.0 Å². The standard InChI is InChI=1S/C13H17ClS/c14-12-5-2-1-4-11(10-12)7-8-13-6-3-9-15-13/h3,6,9-10,12H,1-2,4-5,7-8H2. The molecule has 0 aliphatic heterocycles. The van der Waals surface area contributed by atoms with Crippen molar-refractivity contribution in [1.82, 2.24) is 0 Å². The van der Waals surface area contributed by atoms with Gasteiger partial charge in [0.1, 0.15) is 0 Å². The lowest BCUT2D eigenvalue weighted by atomic mass is 10.0. The molecule has 1 aromatic heterocycles. The third-order valence-corrected chi connectivity index (χ3v) is 4.20. The Labute approximate surface area is 101 Å². The van der Waals surface area contributed by atoms with Crippen LogP contribution >= 0.6 is 22.9 Å². The summed E-state index contributed by atoms with van der Waals surface area (Å²) in [6, 6.07) is 4.35. The van der Waals surface area contributed by atoms with Gasteiger partial charge in [-0.25, -0.2) is 0 Å². The zero-order chi connectivity index (χ0) is 10.5. The molecule has 2 heteroatoms. The van der Waals surface area contributed by atoms with Gasteiger partial charge in [-0.15, -0.1) is 22.9 Å². The fourth-order valence-corrected chi connectivity index (χ4v) is 3.10. The minimum atomic E-state index is 0.283. The SMILES string of the molecule is ClC1C=C(CCc2cccs2)CCCC1. The van der Waals surface area contributed by atoms with Crippen LogP contribution in [0.15, 0.2) is 29.2 Å². The van der Waals surface area contributed by atoms with Gasteiger partial charge in [0.2, 0.25) is 0 Å². The Bertz CT molecular complexity index is 313. The molecule has 15 heavy (non-hydrogen) atoms. The van der Waals surface area contributed by atoms with E-state index in [2.05, 4.69) is 23.6 Å². The molecule has 0 bridgehead atoms. The number of hydrogen-bond donors (Lipinski definition) is 0. The number of halogens is 1. The molecule has 1 aromatic rings. The molecule has 0 aromatic carbocycles. The molecule has 82 valence electrons. The third-order valence-electron chi connectivity index (χ3n) is 2.92. The zero-order valence-electron chi connectivity index (χ0n) is 8.92. The second-order valence-corrected chi connectivity index (χ2v) is 5.76. The molecule has 1 atom stereocenters. The highest BCUT2D eigenvalue weighted by atomic mass is 35.5. The van der Waals surface area contributed by atoms with Crippen molar-refractivity contribution >= 4 is 22.9 Å². The molecule has 1 aliphatic rings. The number of thiophene rings is 1. The molecular formula is C13H17ClS. The van der Waals surface area contributed by atoms with Crippen molar-refractivity contribution in [3.05, 3.63) is 34.0 Å². The average molecular weight is 241 g/mol. The summed E-state index contributed by atoms with van der Waals surface area (Å²) in [5.74, 6) is 0. The summed E-state index contributed by atoms with van der Waals surface area (Å²) in [5, 5.41) is 2.44. The van der Waals surface area contributed by atoms with Crippen molar-refractivity contribution in [3.8, 4) is 0 Å². The third kappa shape index (κ3) is 3.66. The molecule has 2 rings (SSSR count). The Kier molecular flexibility index (Phi) is 4.28. The Morgan fingerprint density at radius 2 is 2.27 bits per heavy atom. The predicted octanol–water partition coefficient (Wildman–Crippen LogP) is 4.79. The molecule has 0 saturated heterocycles. The van der Waals surface area contributed by atoms with Crippen LogP contribution in [0.5, 0.6) is 0 Å². The summed E-state index contributed by atoms with van der Waals surface area (Å²) in [6.07, 6.45) is 9.70. The quantitative estimate of drug-likeness (QED) is 0.527. The van der Waals surface area contributed by atoms with Gasteiger partial charge in [0, 0.05) is 4.88 Å². The van der Waals surface area contributed by atoms with Crippen LogP contribution in [0.3, 0.4) is 0 Å². The molecule has 0 spiro atoms. The van der Waals surface area contributed by atoms with E-state index in [1.807, 2.05) is 11.3 Å². The lowest BCUT2D eigenvalue weighted by molar-refractivity contribution is 0.704. The second kappa shape index (κ2) is 5.72. The van der Waals surface area contributed by atoms with Gasteiger partial charge in [0.05, 0.1) is 5.38 Å². The summed E-state index contributed by atoms with van der Waals surface area (Å²) in [7, 11) is 0. The lowest BCUT2D eigenvalue weighted by Gasteiger charge is -2.04. The first-order valence-corrected chi connectivity index (χ1v) is 7.02. The maximum atomic E-state index is 6.20. The largest absolute Gasteiger partial charge is 0.149 e. The van der Waals surface area contributed by atoms with E-state index in [-0.39, 0.29) is 5.38 Å². The summed E-state index contributed by atoms with van der Waals surface area (Å²) in [4.78, 5) is 1.49. The molecule has 1 unspecified atom stereocenters. The number of rotatable bonds is 3. The van der Waals surface area contributed by atoms with Crippen molar-refractivity contribution in [2.45, 2.75) is 43.9 Å². The fraction of sp³-hybridized carbons (Fsp3) is 0.538. The zero-order valence-corrected chi connectivity index (χ0v) is 10.5. The number of hydrogen-bond acceptors (Lipinski definition) is 1. The molecular weight excluding hydrogens is 224 g/mol. The highest BCUT2D eigenvalue weighted by Gasteiger charge is 2.09. The van der Waals surface area contributed by atoms with E-state index in [0.29, 0.717) is 0 Å². The van der Waals surface area contributed by atoms with E-state index in [1.54, 1.807) is 5.57 Å². The van der Waals surface area contributed by atoms with Crippen molar-refractivity contribution in [2.24, 2.45) is 0 Å². The highest BCUT2D eigenvalue weighted by Crippen LogP contribution is 2.24. The van der Waals surface area contributed by atoms with Gasteiger partial charge in [0.25, 0.3) is 0 Å². The van der Waals surface area contributed by atoms with E-state index < -0.39 is 0 Å². The number of allylic oxidation sites excluding steroid dienone is 2. The molecule has 0 N–H and O–H groups in total. The first-order valence-electron chi connectivity index (χ1n) is 5.70. The second-order valence-electron chi connectivity index (χ2n) is 4.17. The van der Waals surface area contributed by atoms with Crippen molar-refractivity contribution in [2.75, 3.05) is 0 Å². The Morgan fingerprint density at radius 3 is 3.07 bits per heavy atom.